The van der Waals surface area contributed by atoms with Gasteiger partial charge in [-0.2, -0.15) is 0 Å². The number of non-ortho nitro benzene ring substituents is 1. The first-order valence-electron chi connectivity index (χ1n) is 9.20. The molecule has 0 saturated heterocycles. The molecular weight excluding hydrogens is 382 g/mol. The van der Waals surface area contributed by atoms with Crippen LogP contribution in [-0.2, 0) is 6.61 Å². The van der Waals surface area contributed by atoms with Crippen molar-refractivity contribution in [2.24, 2.45) is 0 Å². The van der Waals surface area contributed by atoms with E-state index in [1.165, 1.54) is 12.1 Å². The quantitative estimate of drug-likeness (QED) is 0.314. The molecule has 3 aromatic carbocycles. The molecule has 1 heterocycles. The number of nitro groups is 1. The predicted octanol–water partition coefficient (Wildman–Crippen LogP) is 5.43. The number of ketones is 1. The van der Waals surface area contributed by atoms with Gasteiger partial charge in [-0.05, 0) is 47.0 Å². The summed E-state index contributed by atoms with van der Waals surface area (Å²) < 4.78 is 11.5. The molecule has 0 atom stereocenters. The summed E-state index contributed by atoms with van der Waals surface area (Å²) in [5.74, 6) is 0.935. The van der Waals surface area contributed by atoms with Crippen LogP contribution in [0.1, 0.15) is 27.0 Å². The first kappa shape index (κ1) is 19.1. The first-order chi connectivity index (χ1) is 14.5. The van der Waals surface area contributed by atoms with Crippen molar-refractivity contribution >= 4 is 23.6 Å². The number of hydrogen-bond acceptors (Lipinski definition) is 5. The average Bonchev–Trinajstić information content (AvgIpc) is 3.07. The minimum absolute atomic E-state index is 0.0139. The van der Waals surface area contributed by atoms with Gasteiger partial charge in [-0.3, -0.25) is 14.9 Å². The summed E-state index contributed by atoms with van der Waals surface area (Å²) in [6, 6.07) is 18.8. The molecule has 4 rings (SSSR count). The molecule has 30 heavy (non-hydrogen) atoms. The number of fused-ring (bicyclic) bond motifs is 1. The largest absolute Gasteiger partial charge is 0.489 e. The van der Waals surface area contributed by atoms with Crippen molar-refractivity contribution < 1.29 is 19.2 Å². The maximum absolute atomic E-state index is 12.6. The third-order valence-electron chi connectivity index (χ3n) is 4.66. The molecule has 0 aliphatic carbocycles. The number of benzene rings is 3. The van der Waals surface area contributed by atoms with Crippen LogP contribution in [0.15, 0.2) is 79.1 Å². The molecule has 0 bridgehead atoms. The van der Waals surface area contributed by atoms with Crippen LogP contribution in [0.2, 0.25) is 0 Å². The molecular formula is C24H17NO5. The van der Waals surface area contributed by atoms with E-state index in [1.807, 2.05) is 24.3 Å². The standard InChI is InChI=1S/C24H17NO5/c1-2-16-3-5-18(6-4-16)15-29-20-11-12-21-22(14-20)30-23(24(21)26)13-17-7-9-19(10-8-17)25(27)28/h2-14H,1,15H2. The number of allylic oxidation sites excluding steroid dienone is 1. The molecule has 0 N–H and O–H groups in total. The van der Waals surface area contributed by atoms with E-state index in [0.29, 0.717) is 29.2 Å². The van der Waals surface area contributed by atoms with Crippen molar-refractivity contribution in [3.05, 3.63) is 111 Å². The van der Waals surface area contributed by atoms with E-state index in [4.69, 9.17) is 9.47 Å². The molecule has 0 aromatic heterocycles. The van der Waals surface area contributed by atoms with Gasteiger partial charge in [-0.15, -0.1) is 0 Å². The highest BCUT2D eigenvalue weighted by Gasteiger charge is 2.27. The lowest BCUT2D eigenvalue weighted by Crippen LogP contribution is -1.98. The highest BCUT2D eigenvalue weighted by molar-refractivity contribution is 6.14. The summed E-state index contributed by atoms with van der Waals surface area (Å²) in [6.07, 6.45) is 3.34. The average molecular weight is 399 g/mol. The van der Waals surface area contributed by atoms with Gasteiger partial charge in [0, 0.05) is 18.2 Å². The fourth-order valence-electron chi connectivity index (χ4n) is 3.02. The topological polar surface area (TPSA) is 78.7 Å². The van der Waals surface area contributed by atoms with Crippen LogP contribution in [0.4, 0.5) is 5.69 Å². The molecule has 0 fully saturated rings. The molecule has 0 spiro atoms. The highest BCUT2D eigenvalue weighted by atomic mass is 16.6. The van der Waals surface area contributed by atoms with Gasteiger partial charge >= 0.3 is 0 Å². The number of carbonyl (C=O) groups is 1. The van der Waals surface area contributed by atoms with Crippen molar-refractivity contribution in [1.82, 2.24) is 0 Å². The third-order valence-corrected chi connectivity index (χ3v) is 4.66. The fraction of sp³-hybridized carbons (Fsp3) is 0.0417. The third kappa shape index (κ3) is 3.98. The van der Waals surface area contributed by atoms with E-state index in [9.17, 15) is 14.9 Å². The minimum atomic E-state index is -0.473. The van der Waals surface area contributed by atoms with Crippen LogP contribution in [0.3, 0.4) is 0 Å². The van der Waals surface area contributed by atoms with E-state index in [2.05, 4.69) is 6.58 Å². The van der Waals surface area contributed by atoms with Gasteiger partial charge in [-0.25, -0.2) is 0 Å². The number of nitrogens with zero attached hydrogens (tertiary/aromatic N) is 1. The van der Waals surface area contributed by atoms with Gasteiger partial charge in [0.15, 0.2) is 5.76 Å². The van der Waals surface area contributed by atoms with Crippen LogP contribution in [0.25, 0.3) is 12.2 Å². The van der Waals surface area contributed by atoms with Crippen molar-refractivity contribution in [3.8, 4) is 11.5 Å². The molecule has 0 saturated carbocycles. The second kappa shape index (κ2) is 8.05. The smallest absolute Gasteiger partial charge is 0.269 e. The lowest BCUT2D eigenvalue weighted by atomic mass is 10.1. The van der Waals surface area contributed by atoms with E-state index in [-0.39, 0.29) is 17.2 Å². The van der Waals surface area contributed by atoms with Gasteiger partial charge in [0.1, 0.15) is 18.1 Å². The molecule has 0 unspecified atom stereocenters. The normalized spacial score (nSPS) is 13.6. The Morgan fingerprint density at radius 3 is 2.37 bits per heavy atom. The molecule has 1 aliphatic rings. The van der Waals surface area contributed by atoms with Crippen molar-refractivity contribution in [2.75, 3.05) is 0 Å². The fourth-order valence-corrected chi connectivity index (χ4v) is 3.02. The summed E-state index contributed by atoms with van der Waals surface area (Å²) in [5.41, 5.74) is 3.12. The van der Waals surface area contributed by atoms with Crippen molar-refractivity contribution in [2.45, 2.75) is 6.61 Å². The van der Waals surface area contributed by atoms with Gasteiger partial charge in [0.25, 0.3) is 5.69 Å². The SMILES string of the molecule is C=Cc1ccc(COc2ccc3c(c2)OC(=Cc2ccc([N+](=O)[O-])cc2)C3=O)cc1. The Bertz CT molecular complexity index is 1160. The number of ether oxygens (including phenoxy) is 2. The zero-order chi connectivity index (χ0) is 21.1. The van der Waals surface area contributed by atoms with Gasteiger partial charge < -0.3 is 9.47 Å². The maximum atomic E-state index is 12.6. The zero-order valence-electron chi connectivity index (χ0n) is 15.9. The Balaban J connectivity index is 1.47. The molecule has 1 aliphatic heterocycles. The Morgan fingerprint density at radius 2 is 1.70 bits per heavy atom. The molecule has 6 heteroatoms. The van der Waals surface area contributed by atoms with Crippen LogP contribution in [0, 0.1) is 10.1 Å². The predicted molar refractivity (Wildman–Crippen MR) is 113 cm³/mol. The van der Waals surface area contributed by atoms with Crippen molar-refractivity contribution in [1.29, 1.82) is 0 Å². The molecule has 3 aromatic rings. The molecule has 0 amide bonds. The number of rotatable bonds is 6. The molecule has 0 radical (unpaired) electrons. The summed E-state index contributed by atoms with van der Waals surface area (Å²) in [5, 5.41) is 10.8. The van der Waals surface area contributed by atoms with Gasteiger partial charge in [0.2, 0.25) is 5.78 Å². The molecule has 148 valence electrons. The van der Waals surface area contributed by atoms with Crippen molar-refractivity contribution in [3.63, 3.8) is 0 Å². The van der Waals surface area contributed by atoms with Gasteiger partial charge in [-0.1, -0.05) is 36.9 Å². The van der Waals surface area contributed by atoms with Crippen LogP contribution in [-0.4, -0.2) is 10.7 Å². The summed E-state index contributed by atoms with van der Waals surface area (Å²) in [6.45, 7) is 4.12. The summed E-state index contributed by atoms with van der Waals surface area (Å²) in [7, 11) is 0. The van der Waals surface area contributed by atoms with Gasteiger partial charge in [0.05, 0.1) is 10.5 Å². The number of hydrogen-bond donors (Lipinski definition) is 0. The van der Waals surface area contributed by atoms with E-state index in [1.54, 1.807) is 42.5 Å². The van der Waals surface area contributed by atoms with Crippen LogP contribution < -0.4 is 9.47 Å². The number of Topliss-reactive ketones (excluding diaryl/α,β-unsaturated/α-hetero) is 1. The van der Waals surface area contributed by atoms with Crippen LogP contribution >= 0.6 is 0 Å². The summed E-state index contributed by atoms with van der Waals surface area (Å²) in [4.78, 5) is 22.9. The monoisotopic (exact) mass is 399 g/mol. The van der Waals surface area contributed by atoms with Crippen LogP contribution in [0.5, 0.6) is 11.5 Å². The Labute approximate surface area is 172 Å². The molecule has 6 nitrogen and oxygen atoms in total. The number of carbonyl (C=O) groups excluding carboxylic acids is 1. The summed E-state index contributed by atoms with van der Waals surface area (Å²) >= 11 is 0. The second-order valence-electron chi connectivity index (χ2n) is 6.68. The lowest BCUT2D eigenvalue weighted by molar-refractivity contribution is -0.384. The first-order valence-corrected chi connectivity index (χ1v) is 9.20. The Morgan fingerprint density at radius 1 is 1.00 bits per heavy atom. The lowest BCUT2D eigenvalue weighted by Gasteiger charge is -2.07. The van der Waals surface area contributed by atoms with E-state index in [0.717, 1.165) is 11.1 Å². The minimum Gasteiger partial charge on any atom is -0.489 e. The second-order valence-corrected chi connectivity index (χ2v) is 6.68. The van der Waals surface area contributed by atoms with E-state index < -0.39 is 4.92 Å². The maximum Gasteiger partial charge on any atom is 0.269 e. The zero-order valence-corrected chi connectivity index (χ0v) is 15.9. The Kier molecular flexibility index (Phi) is 5.13. The Hall–Kier alpha value is -4.19. The number of nitro benzene ring substituents is 1. The highest BCUT2D eigenvalue weighted by Crippen LogP contribution is 2.35. The van der Waals surface area contributed by atoms with E-state index >= 15 is 0 Å².